The Balaban J connectivity index is 1.59. The van der Waals surface area contributed by atoms with Gasteiger partial charge in [-0.15, -0.1) is 11.3 Å². The van der Waals surface area contributed by atoms with E-state index in [2.05, 4.69) is 5.32 Å². The van der Waals surface area contributed by atoms with Crippen molar-refractivity contribution in [1.29, 1.82) is 0 Å². The molecule has 7 heteroatoms. The molecule has 6 nitrogen and oxygen atoms in total. The van der Waals surface area contributed by atoms with Crippen LogP contribution in [0.15, 0.2) is 35.7 Å². The summed E-state index contributed by atoms with van der Waals surface area (Å²) < 4.78 is 0. The number of hydrogen-bond acceptors (Lipinski definition) is 5. The number of aryl methyl sites for hydroxylation is 1. The van der Waals surface area contributed by atoms with E-state index in [-0.39, 0.29) is 13.1 Å². The first-order valence-electron chi connectivity index (χ1n) is 7.43. The van der Waals surface area contributed by atoms with Crippen molar-refractivity contribution in [2.45, 2.75) is 13.0 Å². The van der Waals surface area contributed by atoms with Crippen LogP contribution in [0.1, 0.15) is 37.3 Å². The summed E-state index contributed by atoms with van der Waals surface area (Å²) in [7, 11) is 0. The lowest BCUT2D eigenvalue weighted by Crippen LogP contribution is -2.41. The molecule has 0 saturated carbocycles. The number of nitrogens with one attached hydrogen (secondary N) is 1. The van der Waals surface area contributed by atoms with Gasteiger partial charge in [0.05, 0.1) is 11.1 Å². The Hall–Kier alpha value is -2.51. The smallest absolute Gasteiger partial charge is 0.262 e. The first-order chi connectivity index (χ1) is 11.5. The van der Waals surface area contributed by atoms with Crippen LogP contribution in [0.3, 0.4) is 0 Å². The number of fused-ring (bicyclic) bond motifs is 1. The average molecular weight is 344 g/mol. The Bertz CT molecular complexity index is 779. The molecule has 124 valence electrons. The van der Waals surface area contributed by atoms with Gasteiger partial charge in [-0.25, -0.2) is 0 Å². The molecule has 0 aliphatic carbocycles. The predicted octanol–water partition coefficient (Wildman–Crippen LogP) is 1.50. The van der Waals surface area contributed by atoms with Crippen LogP contribution in [0.4, 0.5) is 0 Å². The second-order valence-electron chi connectivity index (χ2n) is 5.53. The van der Waals surface area contributed by atoms with Gasteiger partial charge in [0.25, 0.3) is 11.8 Å². The van der Waals surface area contributed by atoms with Gasteiger partial charge in [0, 0.05) is 11.4 Å². The Morgan fingerprint density at radius 3 is 2.38 bits per heavy atom. The topological polar surface area (TPSA) is 86.7 Å². The summed E-state index contributed by atoms with van der Waals surface area (Å²) in [5.41, 5.74) is 1.58. The van der Waals surface area contributed by atoms with Crippen LogP contribution in [-0.2, 0) is 4.79 Å². The third-order valence-electron chi connectivity index (χ3n) is 3.88. The molecule has 1 aromatic carbocycles. The fraction of sp³-hybridized carbons (Fsp3) is 0.235. The number of thiophene rings is 1. The van der Waals surface area contributed by atoms with Gasteiger partial charge < -0.3 is 10.4 Å². The summed E-state index contributed by atoms with van der Waals surface area (Å²) in [5, 5.41) is 14.5. The van der Waals surface area contributed by atoms with Gasteiger partial charge in [0.2, 0.25) is 5.91 Å². The van der Waals surface area contributed by atoms with Crippen molar-refractivity contribution in [2.24, 2.45) is 0 Å². The normalized spacial score (nSPS) is 14.7. The number of imide groups is 1. The fourth-order valence-corrected chi connectivity index (χ4v) is 3.52. The van der Waals surface area contributed by atoms with Crippen LogP contribution in [0, 0.1) is 6.92 Å². The second kappa shape index (κ2) is 6.54. The minimum absolute atomic E-state index is 0.0311. The van der Waals surface area contributed by atoms with E-state index in [1.165, 1.54) is 11.3 Å². The Morgan fingerprint density at radius 1 is 1.21 bits per heavy atom. The van der Waals surface area contributed by atoms with Crippen LogP contribution < -0.4 is 5.32 Å². The highest BCUT2D eigenvalue weighted by Crippen LogP contribution is 2.24. The maximum atomic E-state index is 12.2. The molecule has 1 atom stereocenters. The number of nitrogens with zero attached hydrogens (tertiary/aromatic N) is 1. The average Bonchev–Trinajstić information content (AvgIpc) is 3.11. The summed E-state index contributed by atoms with van der Waals surface area (Å²) in [4.78, 5) is 38.1. The van der Waals surface area contributed by atoms with E-state index in [9.17, 15) is 19.5 Å². The molecule has 3 rings (SSSR count). The van der Waals surface area contributed by atoms with E-state index in [1.807, 2.05) is 18.4 Å². The van der Waals surface area contributed by atoms with E-state index >= 15 is 0 Å². The molecule has 24 heavy (non-hydrogen) atoms. The van der Waals surface area contributed by atoms with Gasteiger partial charge in [-0.2, -0.15) is 0 Å². The lowest BCUT2D eigenvalue weighted by atomic mass is 10.1. The quantitative estimate of drug-likeness (QED) is 0.805. The van der Waals surface area contributed by atoms with Gasteiger partial charge in [0.15, 0.2) is 0 Å². The zero-order valence-electron chi connectivity index (χ0n) is 13.0. The molecule has 0 fully saturated rings. The molecule has 2 N–H and O–H groups in total. The second-order valence-corrected chi connectivity index (χ2v) is 6.48. The van der Waals surface area contributed by atoms with E-state index in [0.717, 1.165) is 15.3 Å². The van der Waals surface area contributed by atoms with Crippen molar-refractivity contribution in [3.63, 3.8) is 0 Å². The molecule has 2 heterocycles. The molecule has 0 spiro atoms. The maximum Gasteiger partial charge on any atom is 0.262 e. The standard InChI is InChI=1S/C17H16N2O4S/c1-10-6-7-24-15(10)13(20)8-18-14(21)9-19-16(22)11-4-2-3-5-12(11)17(19)23/h2-7,13,20H,8-9H2,1H3,(H,18,21). The molecule has 0 bridgehead atoms. The number of aliphatic hydroxyl groups is 1. The van der Waals surface area contributed by atoms with E-state index in [4.69, 9.17) is 0 Å². The summed E-state index contributed by atoms with van der Waals surface area (Å²) in [5.74, 6) is -1.43. The van der Waals surface area contributed by atoms with Crippen LogP contribution >= 0.6 is 11.3 Å². The number of hydrogen-bond donors (Lipinski definition) is 2. The van der Waals surface area contributed by atoms with Crippen LogP contribution in [0.25, 0.3) is 0 Å². The first-order valence-corrected chi connectivity index (χ1v) is 8.31. The Labute approximate surface area is 142 Å². The molecular weight excluding hydrogens is 328 g/mol. The summed E-state index contributed by atoms with van der Waals surface area (Å²) in [6, 6.07) is 8.37. The van der Waals surface area contributed by atoms with Crippen molar-refractivity contribution in [1.82, 2.24) is 10.2 Å². The van der Waals surface area contributed by atoms with Crippen LogP contribution in [-0.4, -0.2) is 40.8 Å². The molecule has 1 unspecified atom stereocenters. The van der Waals surface area contributed by atoms with E-state index in [1.54, 1.807) is 24.3 Å². The zero-order chi connectivity index (χ0) is 17.3. The third kappa shape index (κ3) is 2.95. The summed E-state index contributed by atoms with van der Waals surface area (Å²) in [6.45, 7) is 1.56. The van der Waals surface area contributed by atoms with Crippen molar-refractivity contribution in [3.8, 4) is 0 Å². The molecule has 1 aromatic heterocycles. The molecule has 2 aromatic rings. The summed E-state index contributed by atoms with van der Waals surface area (Å²) in [6.07, 6.45) is -0.809. The maximum absolute atomic E-state index is 12.2. The van der Waals surface area contributed by atoms with Gasteiger partial charge in [-0.3, -0.25) is 19.3 Å². The Morgan fingerprint density at radius 2 is 1.83 bits per heavy atom. The van der Waals surface area contributed by atoms with Crippen molar-refractivity contribution in [3.05, 3.63) is 57.3 Å². The van der Waals surface area contributed by atoms with E-state index in [0.29, 0.717) is 11.1 Å². The number of carbonyl (C=O) groups excluding carboxylic acids is 3. The van der Waals surface area contributed by atoms with Gasteiger partial charge in [-0.05, 0) is 36.1 Å². The fourth-order valence-electron chi connectivity index (χ4n) is 2.61. The van der Waals surface area contributed by atoms with Gasteiger partial charge in [0.1, 0.15) is 12.6 Å². The molecule has 1 aliphatic rings. The molecule has 1 aliphatic heterocycles. The van der Waals surface area contributed by atoms with E-state index < -0.39 is 23.8 Å². The minimum atomic E-state index is -0.809. The monoisotopic (exact) mass is 344 g/mol. The molecule has 0 radical (unpaired) electrons. The lowest BCUT2D eigenvalue weighted by Gasteiger charge is -2.15. The predicted molar refractivity (Wildman–Crippen MR) is 88.8 cm³/mol. The number of aliphatic hydroxyl groups excluding tert-OH is 1. The number of rotatable bonds is 5. The summed E-state index contributed by atoms with van der Waals surface area (Å²) >= 11 is 1.41. The largest absolute Gasteiger partial charge is 0.386 e. The minimum Gasteiger partial charge on any atom is -0.386 e. The van der Waals surface area contributed by atoms with Crippen molar-refractivity contribution in [2.75, 3.05) is 13.1 Å². The molecular formula is C17H16N2O4S. The van der Waals surface area contributed by atoms with Gasteiger partial charge in [-0.1, -0.05) is 12.1 Å². The third-order valence-corrected chi connectivity index (χ3v) is 5.00. The number of amides is 3. The lowest BCUT2D eigenvalue weighted by molar-refractivity contribution is -0.121. The SMILES string of the molecule is Cc1ccsc1C(O)CNC(=O)CN1C(=O)c2ccccc2C1=O. The first kappa shape index (κ1) is 16.4. The highest BCUT2D eigenvalue weighted by molar-refractivity contribution is 7.10. The van der Waals surface area contributed by atoms with Crippen molar-refractivity contribution < 1.29 is 19.5 Å². The highest BCUT2D eigenvalue weighted by atomic mass is 32.1. The Kier molecular flexibility index (Phi) is 4.46. The molecule has 0 saturated heterocycles. The number of carbonyl (C=O) groups is 3. The van der Waals surface area contributed by atoms with Gasteiger partial charge >= 0.3 is 0 Å². The van der Waals surface area contributed by atoms with Crippen molar-refractivity contribution >= 4 is 29.1 Å². The van der Waals surface area contributed by atoms with Crippen LogP contribution in [0.2, 0.25) is 0 Å². The zero-order valence-corrected chi connectivity index (χ0v) is 13.8. The highest BCUT2D eigenvalue weighted by Gasteiger charge is 2.36. The molecule has 3 amide bonds. The number of benzene rings is 1. The van der Waals surface area contributed by atoms with Crippen LogP contribution in [0.5, 0.6) is 0 Å².